The van der Waals surface area contributed by atoms with Crippen LogP contribution in [0.25, 0.3) is 0 Å². The second kappa shape index (κ2) is 8.92. The van der Waals surface area contributed by atoms with E-state index in [1.807, 2.05) is 0 Å². The third-order valence-corrected chi connectivity index (χ3v) is 6.46. The van der Waals surface area contributed by atoms with Gasteiger partial charge in [0.25, 0.3) is 0 Å². The Balaban J connectivity index is 0.000000572. The molecule has 0 bridgehead atoms. The highest BCUT2D eigenvalue weighted by molar-refractivity contribution is 6.02. The molecule has 0 saturated heterocycles. The van der Waals surface area contributed by atoms with Crippen molar-refractivity contribution >= 4 is 29.4 Å². The number of halogens is 7. The highest BCUT2D eigenvalue weighted by Crippen LogP contribution is 2.58. The summed E-state index contributed by atoms with van der Waals surface area (Å²) in [7, 11) is 1.45. The number of nitrogens with two attached hydrogens (primary N) is 1. The van der Waals surface area contributed by atoms with Crippen LogP contribution in [0.1, 0.15) is 39.2 Å². The SMILES string of the molecule is CN1C(=O)C(C)(C)[C@@](C)(c2cc(NC(=O)C3(C(F)(F)F)CC3)ccc2F)N=C1N.O=C(O)C(F)(F)F. The van der Waals surface area contributed by atoms with Crippen molar-refractivity contribution in [1.82, 2.24) is 4.90 Å². The van der Waals surface area contributed by atoms with E-state index in [1.165, 1.54) is 26.1 Å². The van der Waals surface area contributed by atoms with Gasteiger partial charge in [0.2, 0.25) is 11.8 Å². The molecule has 0 unspecified atom stereocenters. The Kier molecular flexibility index (Phi) is 7.15. The van der Waals surface area contributed by atoms with Crippen molar-refractivity contribution in [3.8, 4) is 0 Å². The summed E-state index contributed by atoms with van der Waals surface area (Å²) in [5.41, 5.74) is 0.700. The normalized spacial score (nSPS) is 22.7. The number of carboxylic acids is 1. The number of rotatable bonds is 3. The Morgan fingerprint density at radius 3 is 2.03 bits per heavy atom. The van der Waals surface area contributed by atoms with Gasteiger partial charge in [-0.3, -0.25) is 14.5 Å². The zero-order valence-corrected chi connectivity index (χ0v) is 19.4. The lowest BCUT2D eigenvalue weighted by molar-refractivity contribution is -0.193. The number of hydrogen-bond acceptors (Lipinski definition) is 5. The second-order valence-corrected chi connectivity index (χ2v) is 9.06. The second-order valence-electron chi connectivity index (χ2n) is 9.06. The summed E-state index contributed by atoms with van der Waals surface area (Å²) in [4.78, 5) is 39.3. The molecule has 0 aromatic heterocycles. The molecule has 1 heterocycles. The fourth-order valence-corrected chi connectivity index (χ4v) is 3.56. The summed E-state index contributed by atoms with van der Waals surface area (Å²) >= 11 is 0. The summed E-state index contributed by atoms with van der Waals surface area (Å²) in [5, 5.41) is 9.36. The van der Waals surface area contributed by atoms with Crippen molar-refractivity contribution in [2.45, 2.75) is 51.5 Å². The molecule has 2 aliphatic rings. The van der Waals surface area contributed by atoms with Crippen LogP contribution in [-0.4, -0.2) is 53.1 Å². The minimum absolute atomic E-state index is 0.0147. The molecule has 1 aliphatic carbocycles. The predicted molar refractivity (Wildman–Crippen MR) is 112 cm³/mol. The molecule has 0 radical (unpaired) electrons. The predicted octanol–water partition coefficient (Wildman–Crippen LogP) is 3.77. The largest absolute Gasteiger partial charge is 0.490 e. The average molecular weight is 528 g/mol. The number of carbonyl (C=O) groups excluding carboxylic acids is 2. The van der Waals surface area contributed by atoms with E-state index in [0.717, 1.165) is 11.0 Å². The van der Waals surface area contributed by atoms with E-state index in [2.05, 4.69) is 10.3 Å². The van der Waals surface area contributed by atoms with Crippen LogP contribution in [0.5, 0.6) is 0 Å². The van der Waals surface area contributed by atoms with Gasteiger partial charge in [-0.15, -0.1) is 0 Å². The van der Waals surface area contributed by atoms with E-state index in [9.17, 15) is 40.3 Å². The topological polar surface area (TPSA) is 125 Å². The first-order valence-electron chi connectivity index (χ1n) is 10.2. The Labute approximate surface area is 200 Å². The Morgan fingerprint density at radius 2 is 1.61 bits per heavy atom. The van der Waals surface area contributed by atoms with E-state index >= 15 is 0 Å². The number of alkyl halides is 6. The number of hydrogen-bond donors (Lipinski definition) is 3. The molecule has 1 aliphatic heterocycles. The molecule has 4 N–H and O–H groups in total. The van der Waals surface area contributed by atoms with Gasteiger partial charge in [0.05, 0.1) is 5.41 Å². The van der Waals surface area contributed by atoms with Gasteiger partial charge in [-0.25, -0.2) is 14.2 Å². The molecule has 15 heteroatoms. The molecule has 1 aromatic rings. The third kappa shape index (κ3) is 4.95. The molecule has 0 spiro atoms. The van der Waals surface area contributed by atoms with Gasteiger partial charge in [-0.05, 0) is 51.8 Å². The summed E-state index contributed by atoms with van der Waals surface area (Å²) in [6.07, 6.45) is -10.3. The number of benzene rings is 1. The summed E-state index contributed by atoms with van der Waals surface area (Å²) in [6.45, 7) is 4.68. The summed E-state index contributed by atoms with van der Waals surface area (Å²) in [5.74, 6) is -5.17. The first kappa shape index (κ1) is 28.8. The minimum Gasteiger partial charge on any atom is -0.475 e. The number of carboxylic acid groups (broad SMARTS) is 1. The van der Waals surface area contributed by atoms with E-state index in [-0.39, 0.29) is 30.1 Å². The maximum Gasteiger partial charge on any atom is 0.490 e. The molecule has 36 heavy (non-hydrogen) atoms. The number of guanidine groups is 1. The standard InChI is InChI=1S/C19H22F4N4O2.C2HF3O2/c1-16(2)14(29)27(4)15(24)26-17(16,3)11-9-10(5-6-12(11)20)25-13(28)18(7-8-18)19(21,22)23;3-2(4,5)1(6)7/h5-6,9H,7-8H2,1-4H3,(H2,24,26)(H,25,28);(H,6,7)/t17-;/m1./s1. The fraction of sp³-hybridized carbons (Fsp3) is 0.524. The van der Waals surface area contributed by atoms with Crippen LogP contribution >= 0.6 is 0 Å². The quantitative estimate of drug-likeness (QED) is 0.516. The van der Waals surface area contributed by atoms with E-state index in [4.69, 9.17) is 15.6 Å². The maximum absolute atomic E-state index is 14.7. The third-order valence-electron chi connectivity index (χ3n) is 6.46. The molecule has 2 amide bonds. The number of nitrogens with one attached hydrogen (secondary N) is 1. The maximum atomic E-state index is 14.7. The number of amides is 2. The average Bonchev–Trinajstić information content (AvgIpc) is 3.54. The van der Waals surface area contributed by atoms with Crippen LogP contribution in [0.3, 0.4) is 0 Å². The zero-order valence-electron chi connectivity index (χ0n) is 19.4. The highest BCUT2D eigenvalue weighted by Gasteiger charge is 2.68. The number of aliphatic carboxylic acids is 1. The number of nitrogens with zero attached hydrogens (tertiary/aromatic N) is 2. The first-order chi connectivity index (χ1) is 16.1. The molecule has 1 aromatic carbocycles. The van der Waals surface area contributed by atoms with Crippen molar-refractivity contribution in [3.05, 3.63) is 29.6 Å². The van der Waals surface area contributed by atoms with Crippen molar-refractivity contribution < 1.29 is 50.2 Å². The van der Waals surface area contributed by atoms with Gasteiger partial charge in [0.15, 0.2) is 5.96 Å². The van der Waals surface area contributed by atoms with Crippen LogP contribution in [-0.2, 0) is 19.9 Å². The van der Waals surface area contributed by atoms with E-state index < -0.39 is 52.3 Å². The number of aliphatic imine (C=N–C) groups is 1. The van der Waals surface area contributed by atoms with Gasteiger partial charge in [0.1, 0.15) is 16.8 Å². The lowest BCUT2D eigenvalue weighted by Crippen LogP contribution is -2.58. The summed E-state index contributed by atoms with van der Waals surface area (Å²) in [6, 6.07) is 3.40. The fourth-order valence-electron chi connectivity index (χ4n) is 3.56. The number of anilines is 1. The van der Waals surface area contributed by atoms with Gasteiger partial charge in [-0.1, -0.05) is 0 Å². The number of carbonyl (C=O) groups is 3. The zero-order chi connectivity index (χ0) is 28.1. The molecule has 1 fully saturated rings. The van der Waals surface area contributed by atoms with Crippen molar-refractivity contribution in [1.29, 1.82) is 0 Å². The van der Waals surface area contributed by atoms with E-state index in [0.29, 0.717) is 0 Å². The molecule has 1 saturated carbocycles. The molecule has 1 atom stereocenters. The van der Waals surface area contributed by atoms with Crippen LogP contribution in [0.2, 0.25) is 0 Å². The van der Waals surface area contributed by atoms with Crippen molar-refractivity contribution in [2.75, 3.05) is 12.4 Å². The minimum atomic E-state index is -5.08. The van der Waals surface area contributed by atoms with Crippen LogP contribution in [0, 0.1) is 16.6 Å². The smallest absolute Gasteiger partial charge is 0.475 e. The molecular formula is C21H23F7N4O4. The highest BCUT2D eigenvalue weighted by atomic mass is 19.4. The Hall–Kier alpha value is -3.39. The van der Waals surface area contributed by atoms with Gasteiger partial charge in [-0.2, -0.15) is 26.3 Å². The Morgan fingerprint density at radius 1 is 1.11 bits per heavy atom. The van der Waals surface area contributed by atoms with Gasteiger partial charge in [0, 0.05) is 18.3 Å². The molecule has 200 valence electrons. The van der Waals surface area contributed by atoms with Crippen LogP contribution in [0.4, 0.5) is 36.4 Å². The van der Waals surface area contributed by atoms with Gasteiger partial charge < -0.3 is 16.2 Å². The van der Waals surface area contributed by atoms with E-state index in [1.54, 1.807) is 13.8 Å². The Bertz CT molecular complexity index is 1110. The van der Waals surface area contributed by atoms with Crippen molar-refractivity contribution in [3.63, 3.8) is 0 Å². The molecule has 8 nitrogen and oxygen atoms in total. The van der Waals surface area contributed by atoms with Crippen LogP contribution < -0.4 is 11.1 Å². The monoisotopic (exact) mass is 528 g/mol. The lowest BCUT2D eigenvalue weighted by Gasteiger charge is -2.46. The molecule has 3 rings (SSSR count). The van der Waals surface area contributed by atoms with Crippen molar-refractivity contribution in [2.24, 2.45) is 21.6 Å². The van der Waals surface area contributed by atoms with Crippen LogP contribution in [0.15, 0.2) is 23.2 Å². The molecular weight excluding hydrogens is 505 g/mol. The summed E-state index contributed by atoms with van der Waals surface area (Å²) < 4.78 is 86.0. The van der Waals surface area contributed by atoms with Gasteiger partial charge >= 0.3 is 18.3 Å². The first-order valence-corrected chi connectivity index (χ1v) is 10.2. The lowest BCUT2D eigenvalue weighted by atomic mass is 9.67.